The van der Waals surface area contributed by atoms with Crippen LogP contribution in [0.4, 0.5) is 0 Å². The van der Waals surface area contributed by atoms with Gasteiger partial charge in [0.25, 0.3) is 5.91 Å². The minimum Gasteiger partial charge on any atom is -0.872 e. The molecule has 1 saturated heterocycles. The topological polar surface area (TPSA) is 74.1 Å². The van der Waals surface area contributed by atoms with Crippen LogP contribution in [0.1, 0.15) is 17.2 Å². The van der Waals surface area contributed by atoms with Gasteiger partial charge in [0.2, 0.25) is 5.78 Å². The first kappa shape index (κ1) is 21.3. The van der Waals surface area contributed by atoms with Crippen LogP contribution in [-0.4, -0.2) is 50.4 Å². The van der Waals surface area contributed by atoms with Gasteiger partial charge in [-0.25, -0.2) is 0 Å². The second kappa shape index (κ2) is 9.41. The molecule has 2 aromatic carbocycles. The summed E-state index contributed by atoms with van der Waals surface area (Å²) in [6.45, 7) is 5.03. The second-order valence-electron chi connectivity index (χ2n) is 7.46. The third-order valence-electron chi connectivity index (χ3n) is 4.98. The molecule has 6 heteroatoms. The van der Waals surface area contributed by atoms with Gasteiger partial charge in [-0.3, -0.25) is 9.59 Å². The first-order valence-corrected chi connectivity index (χ1v) is 9.88. The van der Waals surface area contributed by atoms with Crippen molar-refractivity contribution in [2.24, 2.45) is 0 Å². The molecule has 30 heavy (non-hydrogen) atoms. The number of likely N-dealkylation sites (N-methyl/N-ethyl adjacent to an activating group) is 1. The number of amides is 1. The highest BCUT2D eigenvalue weighted by atomic mass is 16.5. The number of quaternary nitrogens is 1. The third kappa shape index (κ3) is 4.44. The van der Waals surface area contributed by atoms with E-state index in [1.54, 1.807) is 60.7 Å². The largest absolute Gasteiger partial charge is 0.872 e. The van der Waals surface area contributed by atoms with Gasteiger partial charge in [-0.05, 0) is 23.3 Å². The van der Waals surface area contributed by atoms with Crippen LogP contribution in [0.25, 0.3) is 5.76 Å². The van der Waals surface area contributed by atoms with Crippen molar-refractivity contribution in [3.8, 4) is 5.75 Å². The first-order chi connectivity index (χ1) is 14.4. The van der Waals surface area contributed by atoms with Crippen LogP contribution < -0.4 is 14.7 Å². The van der Waals surface area contributed by atoms with E-state index in [-0.39, 0.29) is 5.57 Å². The number of nitrogens with zero attached hydrogens (tertiary/aromatic N) is 1. The molecule has 2 aromatic rings. The Morgan fingerprint density at radius 3 is 2.40 bits per heavy atom. The lowest BCUT2D eigenvalue weighted by Gasteiger charge is -2.27. The number of rotatable bonds is 8. The van der Waals surface area contributed by atoms with Gasteiger partial charge in [-0.1, -0.05) is 60.9 Å². The van der Waals surface area contributed by atoms with Crippen LogP contribution in [0, 0.1) is 0 Å². The molecular formula is C24H26N2O4. The average molecular weight is 406 g/mol. The maximum atomic E-state index is 13.2. The smallest absolute Gasteiger partial charge is 0.295 e. The third-order valence-corrected chi connectivity index (χ3v) is 4.98. The highest BCUT2D eigenvalue weighted by Gasteiger charge is 2.44. The number of hydrogen-bond donors (Lipinski definition) is 1. The molecule has 0 radical (unpaired) electrons. The number of hydrogen-bond acceptors (Lipinski definition) is 4. The first-order valence-electron chi connectivity index (χ1n) is 9.88. The van der Waals surface area contributed by atoms with Gasteiger partial charge in [0.05, 0.1) is 33.2 Å². The highest BCUT2D eigenvalue weighted by Crippen LogP contribution is 2.38. The molecule has 1 aliphatic heterocycles. The van der Waals surface area contributed by atoms with Crippen molar-refractivity contribution >= 4 is 17.4 Å². The van der Waals surface area contributed by atoms with E-state index in [2.05, 4.69) is 6.58 Å². The zero-order valence-electron chi connectivity index (χ0n) is 17.3. The number of ketones is 1. The van der Waals surface area contributed by atoms with Gasteiger partial charge in [-0.15, -0.1) is 0 Å². The molecule has 1 N–H and O–H groups in total. The molecule has 0 saturated carbocycles. The van der Waals surface area contributed by atoms with Gasteiger partial charge in [-0.2, -0.15) is 0 Å². The summed E-state index contributed by atoms with van der Waals surface area (Å²) in [7, 11) is 3.95. The summed E-state index contributed by atoms with van der Waals surface area (Å²) in [5, 5.41) is 13.2. The maximum absolute atomic E-state index is 13.2. The lowest BCUT2D eigenvalue weighted by Crippen LogP contribution is -3.06. The number of likely N-dealkylation sites (tertiary alicyclic amines) is 1. The Morgan fingerprint density at radius 1 is 1.13 bits per heavy atom. The van der Waals surface area contributed by atoms with Gasteiger partial charge in [0, 0.05) is 5.57 Å². The standard InChI is InChI=1S/C24H26N2O4/c1-4-16-30-19-12-10-17(11-13-19)21-20(22(27)18-8-6-5-7-9-18)23(28)24(29)26(21)15-14-25(2)3/h4-13,21,27H,1,14-16H2,2-3H3/b22-20+. The normalized spacial score (nSPS) is 18.1. The predicted molar refractivity (Wildman–Crippen MR) is 113 cm³/mol. The fraction of sp³-hybridized carbons (Fsp3) is 0.250. The SMILES string of the molecule is C=CCOc1ccc(C2/C(=C(\[O-])c3ccccc3)C(=O)C(=O)N2CC[NH+](C)C)cc1. The molecule has 1 amide bonds. The van der Waals surface area contributed by atoms with Crippen molar-refractivity contribution in [3.05, 3.63) is 84.0 Å². The predicted octanol–water partition coefficient (Wildman–Crippen LogP) is 0.620. The molecule has 1 heterocycles. The fourth-order valence-electron chi connectivity index (χ4n) is 3.44. The van der Waals surface area contributed by atoms with E-state index in [1.807, 2.05) is 14.1 Å². The van der Waals surface area contributed by atoms with Gasteiger partial charge in [0.1, 0.15) is 12.4 Å². The van der Waals surface area contributed by atoms with Crippen LogP contribution >= 0.6 is 0 Å². The van der Waals surface area contributed by atoms with Crippen molar-refractivity contribution in [3.63, 3.8) is 0 Å². The summed E-state index contributed by atoms with van der Waals surface area (Å²) < 4.78 is 5.52. The summed E-state index contributed by atoms with van der Waals surface area (Å²) in [6, 6.07) is 15.0. The van der Waals surface area contributed by atoms with E-state index in [0.29, 0.717) is 36.6 Å². The zero-order chi connectivity index (χ0) is 21.7. The molecular weight excluding hydrogens is 380 g/mol. The zero-order valence-corrected chi connectivity index (χ0v) is 17.3. The van der Waals surface area contributed by atoms with Crippen molar-refractivity contribution in [1.82, 2.24) is 4.90 Å². The van der Waals surface area contributed by atoms with E-state index in [4.69, 9.17) is 4.74 Å². The maximum Gasteiger partial charge on any atom is 0.295 e. The lowest BCUT2D eigenvalue weighted by atomic mass is 9.95. The van der Waals surface area contributed by atoms with Crippen molar-refractivity contribution in [2.75, 3.05) is 33.8 Å². The summed E-state index contributed by atoms with van der Waals surface area (Å²) in [4.78, 5) is 28.3. The second-order valence-corrected chi connectivity index (χ2v) is 7.46. The number of carbonyl (C=O) groups excluding carboxylic acids is 2. The van der Waals surface area contributed by atoms with E-state index < -0.39 is 23.5 Å². The minimum absolute atomic E-state index is 0.000263. The molecule has 0 aliphatic carbocycles. The molecule has 1 aliphatic rings. The molecule has 3 rings (SSSR count). The highest BCUT2D eigenvalue weighted by molar-refractivity contribution is 6.46. The Hall–Kier alpha value is -3.38. The molecule has 0 spiro atoms. The van der Waals surface area contributed by atoms with Gasteiger partial charge in [0.15, 0.2) is 0 Å². The molecule has 1 unspecified atom stereocenters. The molecule has 1 atom stereocenters. The Morgan fingerprint density at radius 2 is 1.80 bits per heavy atom. The summed E-state index contributed by atoms with van der Waals surface area (Å²) in [5.74, 6) is -1.12. The summed E-state index contributed by atoms with van der Waals surface area (Å²) in [5.41, 5.74) is 1.09. The average Bonchev–Trinajstić information content (AvgIpc) is 3.01. The van der Waals surface area contributed by atoms with E-state index in [0.717, 1.165) is 4.90 Å². The molecule has 0 bridgehead atoms. The Bertz CT molecular complexity index is 949. The number of carbonyl (C=O) groups is 2. The van der Waals surface area contributed by atoms with E-state index >= 15 is 0 Å². The van der Waals surface area contributed by atoms with Crippen molar-refractivity contribution < 1.29 is 24.3 Å². The fourth-order valence-corrected chi connectivity index (χ4v) is 3.44. The van der Waals surface area contributed by atoms with E-state index in [1.165, 1.54) is 4.90 Å². The lowest BCUT2D eigenvalue weighted by molar-refractivity contribution is -0.857. The van der Waals surface area contributed by atoms with Crippen LogP contribution in [0.5, 0.6) is 5.75 Å². The Kier molecular flexibility index (Phi) is 6.69. The van der Waals surface area contributed by atoms with E-state index in [9.17, 15) is 14.7 Å². The molecule has 156 valence electrons. The number of benzene rings is 2. The molecule has 0 aromatic heterocycles. The molecule has 1 fully saturated rings. The molecule has 6 nitrogen and oxygen atoms in total. The number of ether oxygens (including phenoxy) is 1. The number of Topliss-reactive ketones (excluding diaryl/α,β-unsaturated/α-hetero) is 1. The Balaban J connectivity index is 2.06. The van der Waals surface area contributed by atoms with Crippen LogP contribution in [-0.2, 0) is 9.59 Å². The quantitative estimate of drug-likeness (QED) is 0.302. The number of nitrogens with one attached hydrogen (secondary N) is 1. The van der Waals surface area contributed by atoms with Crippen LogP contribution in [0.3, 0.4) is 0 Å². The Labute approximate surface area is 176 Å². The van der Waals surface area contributed by atoms with Crippen molar-refractivity contribution in [1.29, 1.82) is 0 Å². The summed E-state index contributed by atoms with van der Waals surface area (Å²) in [6.07, 6.45) is 1.65. The monoisotopic (exact) mass is 406 g/mol. The van der Waals surface area contributed by atoms with Crippen LogP contribution in [0.15, 0.2) is 72.8 Å². The summed E-state index contributed by atoms with van der Waals surface area (Å²) >= 11 is 0. The minimum atomic E-state index is -0.727. The van der Waals surface area contributed by atoms with Crippen LogP contribution in [0.2, 0.25) is 0 Å². The van der Waals surface area contributed by atoms with Crippen molar-refractivity contribution in [2.45, 2.75) is 6.04 Å². The van der Waals surface area contributed by atoms with Gasteiger partial charge >= 0.3 is 0 Å². The van der Waals surface area contributed by atoms with Gasteiger partial charge < -0.3 is 19.6 Å².